The zero-order valence-corrected chi connectivity index (χ0v) is 11.6. The number of aliphatic carboxylic acids is 1. The van der Waals surface area contributed by atoms with E-state index >= 15 is 0 Å². The molecule has 1 aromatic carbocycles. The van der Waals surface area contributed by atoms with Crippen LogP contribution in [-0.2, 0) is 9.59 Å². The molecule has 1 aliphatic rings. The van der Waals surface area contributed by atoms with Crippen LogP contribution in [0.5, 0.6) is 0 Å². The van der Waals surface area contributed by atoms with Gasteiger partial charge in [0.1, 0.15) is 6.04 Å². The molecule has 1 aliphatic heterocycles. The molecule has 1 aromatic rings. The monoisotopic (exact) mass is 276 g/mol. The molecule has 1 fully saturated rings. The van der Waals surface area contributed by atoms with Gasteiger partial charge in [0.15, 0.2) is 0 Å². The van der Waals surface area contributed by atoms with Gasteiger partial charge < -0.3 is 10.8 Å². The number of likely N-dealkylation sites (tertiary alicyclic amines) is 1. The summed E-state index contributed by atoms with van der Waals surface area (Å²) in [6.45, 7) is 3.08. The van der Waals surface area contributed by atoms with Crippen molar-refractivity contribution in [3.05, 3.63) is 35.4 Å². The number of nitrogens with zero attached hydrogens (tertiary/aromatic N) is 1. The summed E-state index contributed by atoms with van der Waals surface area (Å²) < 4.78 is 0. The van der Waals surface area contributed by atoms with Crippen molar-refractivity contribution in [1.29, 1.82) is 0 Å². The van der Waals surface area contributed by atoms with Gasteiger partial charge in [0.05, 0.1) is 0 Å². The van der Waals surface area contributed by atoms with Crippen molar-refractivity contribution in [1.82, 2.24) is 4.90 Å². The van der Waals surface area contributed by atoms with Gasteiger partial charge in [-0.3, -0.25) is 14.5 Å². The number of hydrogen-bond acceptors (Lipinski definition) is 3. The van der Waals surface area contributed by atoms with Crippen LogP contribution in [0.25, 0.3) is 0 Å². The fourth-order valence-corrected chi connectivity index (χ4v) is 2.82. The molecule has 1 heterocycles. The molecule has 1 atom stereocenters. The van der Waals surface area contributed by atoms with Gasteiger partial charge in [-0.25, -0.2) is 0 Å². The molecule has 1 unspecified atom stereocenters. The second-order valence-electron chi connectivity index (χ2n) is 5.31. The van der Waals surface area contributed by atoms with Crippen LogP contribution in [-0.4, -0.2) is 35.0 Å². The molecule has 0 bridgehead atoms. The lowest BCUT2D eigenvalue weighted by molar-refractivity contribution is -0.144. The van der Waals surface area contributed by atoms with Crippen LogP contribution in [0.3, 0.4) is 0 Å². The number of carboxylic acids is 1. The highest BCUT2D eigenvalue weighted by Gasteiger charge is 2.32. The quantitative estimate of drug-likeness (QED) is 0.868. The average molecular weight is 276 g/mol. The first-order valence-corrected chi connectivity index (χ1v) is 6.82. The maximum atomic E-state index is 11.6. The Balaban J connectivity index is 2.18. The molecule has 5 nitrogen and oxygen atoms in total. The number of aryl methyl sites for hydroxylation is 1. The number of primary amides is 1. The molecule has 1 saturated heterocycles. The summed E-state index contributed by atoms with van der Waals surface area (Å²) in [7, 11) is 0. The smallest absolute Gasteiger partial charge is 0.325 e. The zero-order valence-electron chi connectivity index (χ0n) is 11.6. The fraction of sp³-hybridized carbons (Fsp3) is 0.467. The first kappa shape index (κ1) is 14.5. The van der Waals surface area contributed by atoms with Crippen LogP contribution in [0.15, 0.2) is 24.3 Å². The highest BCUT2D eigenvalue weighted by molar-refractivity contribution is 5.77. The number of benzene rings is 1. The third-order valence-electron chi connectivity index (χ3n) is 4.01. The molecule has 0 radical (unpaired) electrons. The van der Waals surface area contributed by atoms with Gasteiger partial charge in [-0.2, -0.15) is 0 Å². The molecule has 0 aliphatic carbocycles. The molecule has 0 spiro atoms. The van der Waals surface area contributed by atoms with E-state index in [2.05, 4.69) is 0 Å². The summed E-state index contributed by atoms with van der Waals surface area (Å²) in [6.07, 6.45) is 1.26. The fourth-order valence-electron chi connectivity index (χ4n) is 2.82. The molecule has 3 N–H and O–H groups in total. The highest BCUT2D eigenvalue weighted by atomic mass is 16.4. The van der Waals surface area contributed by atoms with Gasteiger partial charge in [-0.05, 0) is 30.9 Å². The largest absolute Gasteiger partial charge is 0.480 e. The Morgan fingerprint density at radius 1 is 1.30 bits per heavy atom. The maximum absolute atomic E-state index is 11.6. The molecular weight excluding hydrogens is 256 g/mol. The standard InChI is InChI=1S/C15H20N2O3/c1-10-4-2-3-5-12(10)13(15(19)20)17-8-6-11(7-9-17)14(16)18/h2-5,11,13H,6-9H2,1H3,(H2,16,18)(H,19,20). The first-order chi connectivity index (χ1) is 9.50. The Hall–Kier alpha value is -1.88. The molecule has 5 heteroatoms. The number of carbonyl (C=O) groups is 2. The third-order valence-corrected chi connectivity index (χ3v) is 4.01. The Labute approximate surface area is 118 Å². The number of amides is 1. The summed E-state index contributed by atoms with van der Waals surface area (Å²) in [5, 5.41) is 9.55. The molecular formula is C15H20N2O3. The van der Waals surface area contributed by atoms with Gasteiger partial charge in [0.2, 0.25) is 5.91 Å². The summed E-state index contributed by atoms with van der Waals surface area (Å²) in [6, 6.07) is 6.88. The number of nitrogens with two attached hydrogens (primary N) is 1. The Kier molecular flexibility index (Phi) is 4.39. The molecule has 0 aromatic heterocycles. The maximum Gasteiger partial charge on any atom is 0.325 e. The summed E-state index contributed by atoms with van der Waals surface area (Å²) >= 11 is 0. The van der Waals surface area contributed by atoms with Gasteiger partial charge in [-0.15, -0.1) is 0 Å². The minimum atomic E-state index is -0.850. The van der Waals surface area contributed by atoms with E-state index < -0.39 is 12.0 Å². The molecule has 1 amide bonds. The second-order valence-corrected chi connectivity index (χ2v) is 5.31. The van der Waals surface area contributed by atoms with E-state index in [4.69, 9.17) is 5.73 Å². The Bertz CT molecular complexity index is 508. The van der Waals surface area contributed by atoms with Crippen molar-refractivity contribution >= 4 is 11.9 Å². The van der Waals surface area contributed by atoms with E-state index in [1.54, 1.807) is 0 Å². The Morgan fingerprint density at radius 2 is 1.90 bits per heavy atom. The van der Waals surface area contributed by atoms with Crippen molar-refractivity contribution < 1.29 is 14.7 Å². The van der Waals surface area contributed by atoms with E-state index in [9.17, 15) is 14.7 Å². The van der Waals surface area contributed by atoms with Crippen molar-refractivity contribution in [2.24, 2.45) is 11.7 Å². The topological polar surface area (TPSA) is 83.6 Å². The number of carbonyl (C=O) groups excluding carboxylic acids is 1. The lowest BCUT2D eigenvalue weighted by Gasteiger charge is -2.35. The average Bonchev–Trinajstić information content (AvgIpc) is 2.41. The lowest BCUT2D eigenvalue weighted by Crippen LogP contribution is -2.43. The first-order valence-electron chi connectivity index (χ1n) is 6.82. The van der Waals surface area contributed by atoms with E-state index in [0.717, 1.165) is 11.1 Å². The summed E-state index contributed by atoms with van der Waals surface area (Å²) in [5.74, 6) is -1.26. The van der Waals surface area contributed by atoms with Gasteiger partial charge in [0, 0.05) is 19.0 Å². The predicted molar refractivity (Wildman–Crippen MR) is 75.0 cm³/mol. The zero-order chi connectivity index (χ0) is 14.7. The van der Waals surface area contributed by atoms with E-state index in [1.165, 1.54) is 0 Å². The predicted octanol–water partition coefficient (Wildman–Crippen LogP) is 1.32. The summed E-state index contributed by atoms with van der Waals surface area (Å²) in [5.41, 5.74) is 7.10. The number of piperidine rings is 1. The van der Waals surface area contributed by atoms with Gasteiger partial charge >= 0.3 is 5.97 Å². The van der Waals surface area contributed by atoms with E-state index in [1.807, 2.05) is 36.1 Å². The number of rotatable bonds is 4. The van der Waals surface area contributed by atoms with Crippen LogP contribution in [0.1, 0.15) is 30.0 Å². The van der Waals surface area contributed by atoms with Gasteiger partial charge in [0.25, 0.3) is 0 Å². The number of hydrogen-bond donors (Lipinski definition) is 2. The van der Waals surface area contributed by atoms with Crippen molar-refractivity contribution in [3.63, 3.8) is 0 Å². The third kappa shape index (κ3) is 2.99. The van der Waals surface area contributed by atoms with Crippen molar-refractivity contribution in [2.75, 3.05) is 13.1 Å². The Morgan fingerprint density at radius 3 is 2.40 bits per heavy atom. The minimum Gasteiger partial charge on any atom is -0.480 e. The SMILES string of the molecule is Cc1ccccc1C(C(=O)O)N1CCC(C(N)=O)CC1. The van der Waals surface area contributed by atoms with Crippen LogP contribution in [0.4, 0.5) is 0 Å². The molecule has 2 rings (SSSR count). The molecule has 108 valence electrons. The van der Waals surface area contributed by atoms with Crippen LogP contribution in [0.2, 0.25) is 0 Å². The van der Waals surface area contributed by atoms with E-state index in [-0.39, 0.29) is 11.8 Å². The highest BCUT2D eigenvalue weighted by Crippen LogP contribution is 2.28. The second kappa shape index (κ2) is 6.05. The molecule has 20 heavy (non-hydrogen) atoms. The normalized spacial score (nSPS) is 18.6. The van der Waals surface area contributed by atoms with Crippen molar-refractivity contribution in [2.45, 2.75) is 25.8 Å². The number of carboxylic acid groups (broad SMARTS) is 1. The lowest BCUT2D eigenvalue weighted by atomic mass is 9.92. The van der Waals surface area contributed by atoms with Crippen LogP contribution in [0, 0.1) is 12.8 Å². The van der Waals surface area contributed by atoms with Crippen LogP contribution >= 0.6 is 0 Å². The van der Waals surface area contributed by atoms with Gasteiger partial charge in [-0.1, -0.05) is 24.3 Å². The van der Waals surface area contributed by atoms with Crippen LogP contribution < -0.4 is 5.73 Å². The van der Waals surface area contributed by atoms with Crippen molar-refractivity contribution in [3.8, 4) is 0 Å². The molecule has 0 saturated carbocycles. The van der Waals surface area contributed by atoms with E-state index in [0.29, 0.717) is 25.9 Å². The summed E-state index contributed by atoms with van der Waals surface area (Å²) in [4.78, 5) is 24.7. The minimum absolute atomic E-state index is 0.127.